The summed E-state index contributed by atoms with van der Waals surface area (Å²) in [4.78, 5) is 4.61. The van der Waals surface area contributed by atoms with Crippen LogP contribution in [-0.4, -0.2) is 58.4 Å². The number of ether oxygens (including phenoxy) is 1. The molecule has 7 nitrogen and oxygen atoms in total. The van der Waals surface area contributed by atoms with Gasteiger partial charge >= 0.3 is 0 Å². The zero-order chi connectivity index (χ0) is 24.2. The number of anilines is 1. The van der Waals surface area contributed by atoms with Gasteiger partial charge in [-0.25, -0.2) is 13.5 Å². The first kappa shape index (κ1) is 22.9. The fourth-order valence-corrected chi connectivity index (χ4v) is 4.48. The maximum atomic E-state index is 13.4. The maximum Gasteiger partial charge on any atom is 0.173 e. The zero-order valence-corrected chi connectivity index (χ0v) is 19.4. The molecule has 5 rings (SSSR count). The molecule has 9 heteroatoms. The minimum absolute atomic E-state index is 0.174. The van der Waals surface area contributed by atoms with Crippen LogP contribution in [0.2, 0.25) is 0 Å². The summed E-state index contributed by atoms with van der Waals surface area (Å²) in [5.41, 5.74) is 2.97. The van der Waals surface area contributed by atoms with Crippen LogP contribution in [0.3, 0.4) is 0 Å². The number of hydrogen-bond donors (Lipinski definition) is 0. The second-order valence-corrected chi connectivity index (χ2v) is 8.50. The van der Waals surface area contributed by atoms with Crippen molar-refractivity contribution < 1.29 is 13.5 Å². The van der Waals surface area contributed by atoms with Crippen molar-refractivity contribution in [1.82, 2.24) is 25.1 Å². The highest BCUT2D eigenvalue weighted by atomic mass is 19.1. The number of hydrogen-bond acceptors (Lipinski definition) is 6. The Morgan fingerprint density at radius 3 is 2.09 bits per heavy atom. The summed E-state index contributed by atoms with van der Waals surface area (Å²) >= 11 is 0. The molecule has 180 valence electrons. The average Bonchev–Trinajstić information content (AvgIpc) is 3.34. The number of methoxy groups -OCH3 is 1. The standard InChI is InChI=1S/C26H26F2N6O/c1-35-24-12-4-20(5-13-24)25(26-29-30-31-34(26)18-19-2-6-21(27)7-3-19)33-16-14-32(15-17-33)23-10-8-22(28)9-11-23/h2-13,25H,14-18H2,1H3/t25-/m1/s1. The predicted octanol–water partition coefficient (Wildman–Crippen LogP) is 3.92. The number of piperazine rings is 1. The molecule has 0 amide bonds. The van der Waals surface area contributed by atoms with Crippen molar-refractivity contribution in [2.75, 3.05) is 38.2 Å². The van der Waals surface area contributed by atoms with Crippen LogP contribution in [0.5, 0.6) is 5.75 Å². The van der Waals surface area contributed by atoms with Crippen LogP contribution in [0, 0.1) is 11.6 Å². The maximum absolute atomic E-state index is 13.4. The van der Waals surface area contributed by atoms with E-state index in [-0.39, 0.29) is 17.7 Å². The largest absolute Gasteiger partial charge is 0.497 e. The van der Waals surface area contributed by atoms with Crippen LogP contribution < -0.4 is 9.64 Å². The van der Waals surface area contributed by atoms with E-state index in [0.29, 0.717) is 6.54 Å². The lowest BCUT2D eigenvalue weighted by molar-refractivity contribution is 0.201. The van der Waals surface area contributed by atoms with Crippen LogP contribution in [-0.2, 0) is 6.54 Å². The Kier molecular flexibility index (Phi) is 6.67. The normalized spacial score (nSPS) is 15.2. The molecule has 1 aliphatic heterocycles. The molecule has 4 aromatic rings. The van der Waals surface area contributed by atoms with Gasteiger partial charge in [0.05, 0.1) is 19.7 Å². The summed E-state index contributed by atoms with van der Waals surface area (Å²) in [6, 6.07) is 20.7. The van der Waals surface area contributed by atoms with Gasteiger partial charge in [-0.1, -0.05) is 24.3 Å². The topological polar surface area (TPSA) is 59.3 Å². The van der Waals surface area contributed by atoms with Gasteiger partial charge in [0, 0.05) is 31.9 Å². The fourth-order valence-electron chi connectivity index (χ4n) is 4.48. The monoisotopic (exact) mass is 476 g/mol. The number of benzene rings is 3. The van der Waals surface area contributed by atoms with Gasteiger partial charge in [0.2, 0.25) is 0 Å². The van der Waals surface area contributed by atoms with E-state index in [0.717, 1.165) is 54.6 Å². The molecule has 2 heterocycles. The molecule has 1 aromatic heterocycles. The van der Waals surface area contributed by atoms with Gasteiger partial charge in [0.15, 0.2) is 5.82 Å². The molecule has 35 heavy (non-hydrogen) atoms. The molecule has 0 spiro atoms. The van der Waals surface area contributed by atoms with Crippen molar-refractivity contribution in [2.45, 2.75) is 12.6 Å². The minimum Gasteiger partial charge on any atom is -0.497 e. The summed E-state index contributed by atoms with van der Waals surface area (Å²) in [6.07, 6.45) is 0. The van der Waals surface area contributed by atoms with Crippen molar-refractivity contribution in [3.63, 3.8) is 0 Å². The Balaban J connectivity index is 1.42. The lowest BCUT2D eigenvalue weighted by Gasteiger charge is -2.40. The molecule has 1 atom stereocenters. The first-order valence-corrected chi connectivity index (χ1v) is 11.5. The average molecular weight is 477 g/mol. The first-order chi connectivity index (χ1) is 17.1. The van der Waals surface area contributed by atoms with Gasteiger partial charge in [0.1, 0.15) is 17.4 Å². The zero-order valence-electron chi connectivity index (χ0n) is 19.4. The highest BCUT2D eigenvalue weighted by Gasteiger charge is 2.31. The van der Waals surface area contributed by atoms with E-state index >= 15 is 0 Å². The van der Waals surface area contributed by atoms with Crippen LogP contribution in [0.4, 0.5) is 14.5 Å². The van der Waals surface area contributed by atoms with E-state index in [1.165, 1.54) is 24.3 Å². The highest BCUT2D eigenvalue weighted by Crippen LogP contribution is 2.30. The van der Waals surface area contributed by atoms with E-state index < -0.39 is 0 Å². The minimum atomic E-state index is -0.277. The lowest BCUT2D eigenvalue weighted by Crippen LogP contribution is -2.48. The third-order valence-corrected chi connectivity index (χ3v) is 6.35. The Morgan fingerprint density at radius 1 is 0.829 bits per heavy atom. The molecule has 0 unspecified atom stereocenters. The Hall–Kier alpha value is -3.85. The predicted molar refractivity (Wildman–Crippen MR) is 128 cm³/mol. The summed E-state index contributed by atoms with van der Waals surface area (Å²) in [7, 11) is 1.64. The highest BCUT2D eigenvalue weighted by molar-refractivity contribution is 5.47. The first-order valence-electron chi connectivity index (χ1n) is 11.5. The van der Waals surface area contributed by atoms with Crippen LogP contribution in [0.1, 0.15) is 23.0 Å². The van der Waals surface area contributed by atoms with Crippen LogP contribution in [0.15, 0.2) is 72.8 Å². The summed E-state index contributed by atoms with van der Waals surface area (Å²) in [5.74, 6) is 0.982. The van der Waals surface area contributed by atoms with E-state index in [2.05, 4.69) is 25.3 Å². The Morgan fingerprint density at radius 2 is 1.46 bits per heavy atom. The van der Waals surface area contributed by atoms with E-state index in [1.807, 2.05) is 36.4 Å². The Bertz CT molecular complexity index is 1240. The van der Waals surface area contributed by atoms with Crippen molar-refractivity contribution in [2.24, 2.45) is 0 Å². The molecular formula is C26H26F2N6O. The van der Waals surface area contributed by atoms with Gasteiger partial charge in [-0.15, -0.1) is 5.10 Å². The van der Waals surface area contributed by atoms with Crippen LogP contribution >= 0.6 is 0 Å². The third-order valence-electron chi connectivity index (χ3n) is 6.35. The second kappa shape index (κ2) is 10.2. The van der Waals surface area contributed by atoms with E-state index in [1.54, 1.807) is 23.9 Å². The molecule has 1 aliphatic rings. The molecule has 0 radical (unpaired) electrons. The molecule has 0 N–H and O–H groups in total. The quantitative estimate of drug-likeness (QED) is 0.403. The van der Waals surface area contributed by atoms with Gasteiger partial charge < -0.3 is 9.64 Å². The summed E-state index contributed by atoms with van der Waals surface area (Å²) in [6.45, 7) is 3.56. The van der Waals surface area contributed by atoms with Crippen molar-refractivity contribution in [3.8, 4) is 5.75 Å². The van der Waals surface area contributed by atoms with Gasteiger partial charge in [-0.2, -0.15) is 0 Å². The number of tetrazole rings is 1. The summed E-state index contributed by atoms with van der Waals surface area (Å²) < 4.78 is 33.9. The molecule has 1 fully saturated rings. The van der Waals surface area contributed by atoms with Crippen LogP contribution in [0.25, 0.3) is 0 Å². The van der Waals surface area contributed by atoms with Crippen molar-refractivity contribution in [3.05, 3.63) is 101 Å². The van der Waals surface area contributed by atoms with Gasteiger partial charge in [-0.3, -0.25) is 4.90 Å². The van der Waals surface area contributed by atoms with Crippen molar-refractivity contribution in [1.29, 1.82) is 0 Å². The lowest BCUT2D eigenvalue weighted by atomic mass is 10.0. The molecule has 1 saturated heterocycles. The van der Waals surface area contributed by atoms with Crippen molar-refractivity contribution >= 4 is 5.69 Å². The number of halogens is 2. The molecule has 0 aliphatic carbocycles. The number of aromatic nitrogens is 4. The third kappa shape index (κ3) is 5.14. The SMILES string of the molecule is COc1ccc([C@H](c2nnnn2Cc2ccc(F)cc2)N2CCN(c3ccc(F)cc3)CC2)cc1. The molecular weight excluding hydrogens is 450 g/mol. The number of rotatable bonds is 7. The number of nitrogens with zero attached hydrogens (tertiary/aromatic N) is 6. The smallest absolute Gasteiger partial charge is 0.173 e. The van der Waals surface area contributed by atoms with Gasteiger partial charge in [-0.05, 0) is 70.1 Å². The Labute approximate surface area is 202 Å². The van der Waals surface area contributed by atoms with Gasteiger partial charge in [0.25, 0.3) is 0 Å². The molecule has 0 saturated carbocycles. The van der Waals surface area contributed by atoms with E-state index in [4.69, 9.17) is 4.74 Å². The fraction of sp³-hybridized carbons (Fsp3) is 0.269. The molecule has 0 bridgehead atoms. The second-order valence-electron chi connectivity index (χ2n) is 8.50. The summed E-state index contributed by atoms with van der Waals surface area (Å²) in [5, 5.41) is 12.6. The molecule has 3 aromatic carbocycles. The van der Waals surface area contributed by atoms with E-state index in [9.17, 15) is 8.78 Å².